The molecule has 0 spiro atoms. The maximum atomic E-state index is 11.3. The van der Waals surface area contributed by atoms with E-state index in [-0.39, 0.29) is 22.4 Å². The first-order valence-corrected chi connectivity index (χ1v) is 8.46. The van der Waals surface area contributed by atoms with Crippen molar-refractivity contribution in [2.45, 2.75) is 0 Å². The molecule has 17 heavy (non-hydrogen) atoms. The molecule has 0 saturated carbocycles. The highest BCUT2D eigenvalue weighted by Crippen LogP contribution is 2.32. The van der Waals surface area contributed by atoms with Crippen molar-refractivity contribution in [3.63, 3.8) is 0 Å². The van der Waals surface area contributed by atoms with Crippen LogP contribution in [0.2, 0.25) is 0 Å². The summed E-state index contributed by atoms with van der Waals surface area (Å²) < 4.78 is 30.5. The third-order valence-electron chi connectivity index (χ3n) is 2.69. The maximum Gasteiger partial charge on any atom is 0.157 e. The van der Waals surface area contributed by atoms with Crippen molar-refractivity contribution in [1.82, 2.24) is 0 Å². The van der Waals surface area contributed by atoms with Gasteiger partial charge in [-0.3, -0.25) is 0 Å². The van der Waals surface area contributed by atoms with Gasteiger partial charge in [-0.15, -0.1) is 0 Å². The fourth-order valence-corrected chi connectivity index (χ4v) is 5.00. The zero-order chi connectivity index (χ0) is 11.9. The largest absolute Gasteiger partial charge is 0.319 e. The third-order valence-corrected chi connectivity index (χ3v) is 5.70. The predicted molar refractivity (Wildman–Crippen MR) is 71.1 cm³/mol. The summed E-state index contributed by atoms with van der Waals surface area (Å²) in [4.78, 5) is 0. The lowest BCUT2D eigenvalue weighted by Crippen LogP contribution is -2.10. The standard InChI is InChI=1S/C11H12N2O2S2/c14-17(15)6-5-9(8-17)7-16-12-10-3-1-2-4-11(10)13-16/h1-5H,6-8H2,(H,12,13). The van der Waals surface area contributed by atoms with Gasteiger partial charge < -0.3 is 4.72 Å². The first-order valence-electron chi connectivity index (χ1n) is 5.29. The van der Waals surface area contributed by atoms with Gasteiger partial charge in [0.25, 0.3) is 0 Å². The number of anilines is 1. The molecule has 0 saturated heterocycles. The van der Waals surface area contributed by atoms with Gasteiger partial charge in [-0.1, -0.05) is 18.2 Å². The van der Waals surface area contributed by atoms with Crippen LogP contribution in [-0.2, 0) is 20.7 Å². The van der Waals surface area contributed by atoms with Crippen LogP contribution in [0.3, 0.4) is 0 Å². The van der Waals surface area contributed by atoms with Crippen LogP contribution in [0.5, 0.6) is 0 Å². The molecule has 1 atom stereocenters. The number of hydrogen-bond donors (Lipinski definition) is 1. The van der Waals surface area contributed by atoms with E-state index >= 15 is 0 Å². The molecule has 1 N–H and O–H groups in total. The molecule has 0 aromatic heterocycles. The normalized spacial score (nSPS) is 24.7. The molecule has 3 rings (SSSR count). The molecule has 0 bridgehead atoms. The lowest BCUT2D eigenvalue weighted by molar-refractivity contribution is 0.603. The molecular weight excluding hydrogens is 256 g/mol. The van der Waals surface area contributed by atoms with Gasteiger partial charge in [0.2, 0.25) is 0 Å². The average molecular weight is 268 g/mol. The Balaban J connectivity index is 1.74. The second kappa shape index (κ2) is 3.96. The molecular formula is C11H12N2O2S2. The van der Waals surface area contributed by atoms with Crippen LogP contribution < -0.4 is 4.72 Å². The number of hydrogen-bond acceptors (Lipinski definition) is 4. The van der Waals surface area contributed by atoms with Crippen LogP contribution in [0.4, 0.5) is 11.4 Å². The van der Waals surface area contributed by atoms with Gasteiger partial charge >= 0.3 is 0 Å². The first-order chi connectivity index (χ1) is 8.12. The number of para-hydroxylation sites is 1. The van der Waals surface area contributed by atoms with E-state index in [1.807, 2.05) is 30.3 Å². The summed E-state index contributed by atoms with van der Waals surface area (Å²) in [7, 11) is -3.17. The number of rotatable bonds is 2. The Morgan fingerprint density at radius 3 is 2.88 bits per heavy atom. The molecule has 0 fully saturated rings. The van der Waals surface area contributed by atoms with Crippen LogP contribution in [0.25, 0.3) is 0 Å². The fourth-order valence-electron chi connectivity index (χ4n) is 1.90. The highest BCUT2D eigenvalue weighted by atomic mass is 32.2. The lowest BCUT2D eigenvalue weighted by Gasteiger charge is -2.04. The van der Waals surface area contributed by atoms with Crippen molar-refractivity contribution < 1.29 is 8.42 Å². The SMILES string of the molecule is O=S1(=O)CC=C(C[S@]2=Nc3ccccc3N2)C1. The molecule has 0 unspecified atom stereocenters. The topological polar surface area (TPSA) is 58.5 Å². The minimum atomic E-state index is -2.86. The van der Waals surface area contributed by atoms with E-state index in [4.69, 9.17) is 0 Å². The minimum Gasteiger partial charge on any atom is -0.319 e. The van der Waals surface area contributed by atoms with E-state index in [0.717, 1.165) is 16.9 Å². The first kappa shape index (κ1) is 11.0. The van der Waals surface area contributed by atoms with E-state index in [1.165, 1.54) is 0 Å². The second-order valence-corrected chi connectivity index (χ2v) is 7.65. The number of nitrogens with one attached hydrogen (secondary N) is 1. The summed E-state index contributed by atoms with van der Waals surface area (Å²) in [5.41, 5.74) is 2.99. The van der Waals surface area contributed by atoms with Crippen LogP contribution >= 0.6 is 0 Å². The Morgan fingerprint density at radius 1 is 1.35 bits per heavy atom. The Hall–Kier alpha value is -1.14. The van der Waals surface area contributed by atoms with Crippen molar-refractivity contribution >= 4 is 32.1 Å². The Labute approximate surface area is 103 Å². The quantitative estimate of drug-likeness (QED) is 0.832. The Morgan fingerprint density at radius 2 is 2.18 bits per heavy atom. The summed E-state index contributed by atoms with van der Waals surface area (Å²) in [6, 6.07) is 7.88. The van der Waals surface area contributed by atoms with Crippen LogP contribution in [0.1, 0.15) is 0 Å². The number of sulfone groups is 1. The predicted octanol–water partition coefficient (Wildman–Crippen LogP) is 1.82. The van der Waals surface area contributed by atoms with Gasteiger partial charge in [0.05, 0.1) is 22.9 Å². The maximum absolute atomic E-state index is 11.3. The number of nitrogens with zero attached hydrogens (tertiary/aromatic N) is 1. The average Bonchev–Trinajstić information content (AvgIpc) is 2.81. The van der Waals surface area contributed by atoms with Gasteiger partial charge in [0.15, 0.2) is 9.84 Å². The smallest absolute Gasteiger partial charge is 0.157 e. The van der Waals surface area contributed by atoms with E-state index in [9.17, 15) is 8.42 Å². The van der Waals surface area contributed by atoms with Gasteiger partial charge in [-0.05, 0) is 17.7 Å². The molecule has 4 nitrogen and oxygen atoms in total. The van der Waals surface area contributed by atoms with E-state index < -0.39 is 9.84 Å². The Kier molecular flexibility index (Phi) is 2.56. The molecule has 1 aromatic carbocycles. The molecule has 90 valence electrons. The summed E-state index contributed by atoms with van der Waals surface area (Å²) in [5, 5.41) is 0. The minimum absolute atomic E-state index is 0.187. The van der Waals surface area contributed by atoms with Gasteiger partial charge in [0, 0.05) is 16.6 Å². The molecule has 2 aliphatic heterocycles. The Bertz CT molecular complexity index is 633. The second-order valence-electron chi connectivity index (χ2n) is 4.14. The van der Waals surface area contributed by atoms with Crippen molar-refractivity contribution in [1.29, 1.82) is 0 Å². The molecule has 2 heterocycles. The van der Waals surface area contributed by atoms with E-state index in [0.29, 0.717) is 5.75 Å². The molecule has 6 heteroatoms. The van der Waals surface area contributed by atoms with Gasteiger partial charge in [-0.2, -0.15) is 0 Å². The van der Waals surface area contributed by atoms with Crippen LogP contribution in [0, 0.1) is 0 Å². The summed E-state index contributed by atoms with van der Waals surface area (Å²) in [5.74, 6) is 1.09. The van der Waals surface area contributed by atoms with Crippen molar-refractivity contribution in [2.75, 3.05) is 22.0 Å². The third kappa shape index (κ3) is 2.28. The zero-order valence-corrected chi connectivity index (χ0v) is 10.7. The van der Waals surface area contributed by atoms with Crippen molar-refractivity contribution in [3.05, 3.63) is 35.9 Å². The van der Waals surface area contributed by atoms with Crippen LogP contribution in [0.15, 0.2) is 40.3 Å². The van der Waals surface area contributed by atoms with Gasteiger partial charge in [-0.25, -0.2) is 12.8 Å². The van der Waals surface area contributed by atoms with E-state index in [1.54, 1.807) is 0 Å². The van der Waals surface area contributed by atoms with Crippen molar-refractivity contribution in [3.8, 4) is 0 Å². The summed E-state index contributed by atoms with van der Waals surface area (Å²) in [6.07, 6.45) is 1.82. The number of fused-ring (bicyclic) bond motifs is 1. The molecule has 2 aliphatic rings. The highest BCUT2D eigenvalue weighted by Gasteiger charge is 2.22. The fraction of sp³-hybridized carbons (Fsp3) is 0.273. The van der Waals surface area contributed by atoms with E-state index in [2.05, 4.69) is 9.08 Å². The molecule has 0 aliphatic carbocycles. The van der Waals surface area contributed by atoms with Crippen LogP contribution in [-0.4, -0.2) is 25.7 Å². The molecule has 0 radical (unpaired) electrons. The molecule has 0 amide bonds. The van der Waals surface area contributed by atoms with Crippen molar-refractivity contribution in [2.24, 2.45) is 4.36 Å². The molecule has 1 aromatic rings. The lowest BCUT2D eigenvalue weighted by atomic mass is 10.3. The monoisotopic (exact) mass is 268 g/mol. The number of benzene rings is 1. The summed E-state index contributed by atoms with van der Waals surface area (Å²) in [6.45, 7) is 0. The van der Waals surface area contributed by atoms with Gasteiger partial charge in [0.1, 0.15) is 0 Å². The summed E-state index contributed by atoms with van der Waals surface area (Å²) >= 11 is 0. The highest BCUT2D eigenvalue weighted by molar-refractivity contribution is 7.92. The zero-order valence-electron chi connectivity index (χ0n) is 9.09.